The van der Waals surface area contributed by atoms with E-state index in [4.69, 9.17) is 0 Å². The van der Waals surface area contributed by atoms with E-state index >= 15 is 0 Å². The number of nitrogens with one attached hydrogen (secondary N) is 1. The Morgan fingerprint density at radius 3 is 2.07 bits per heavy atom. The lowest BCUT2D eigenvalue weighted by atomic mass is 10.0. The number of anilines is 2. The molecule has 1 saturated carbocycles. The lowest BCUT2D eigenvalue weighted by Crippen LogP contribution is -2.43. The lowest BCUT2D eigenvalue weighted by Gasteiger charge is -2.27. The molecule has 1 aromatic rings. The van der Waals surface area contributed by atoms with E-state index in [2.05, 4.69) is 44.0 Å². The smallest absolute Gasteiger partial charge is 0.240 e. The average molecular weight is 374 g/mol. The maximum Gasteiger partial charge on any atom is 0.240 e. The SMILES string of the molecule is CCCN(CCC)C(=O)C1(C(=O)Nc2ccc(N(CC)CC)cc2C)CC1. The molecule has 2 rings (SSSR count). The van der Waals surface area contributed by atoms with Gasteiger partial charge >= 0.3 is 0 Å². The minimum absolute atomic E-state index is 0.00103. The van der Waals surface area contributed by atoms with Crippen molar-refractivity contribution in [1.29, 1.82) is 0 Å². The molecule has 0 bridgehead atoms. The largest absolute Gasteiger partial charge is 0.372 e. The van der Waals surface area contributed by atoms with Gasteiger partial charge in [-0.05, 0) is 70.2 Å². The summed E-state index contributed by atoms with van der Waals surface area (Å²) in [5, 5.41) is 3.03. The number of hydrogen-bond donors (Lipinski definition) is 1. The van der Waals surface area contributed by atoms with Gasteiger partial charge < -0.3 is 15.1 Å². The van der Waals surface area contributed by atoms with Gasteiger partial charge in [0.2, 0.25) is 11.8 Å². The Balaban J connectivity index is 2.13. The Hall–Kier alpha value is -2.04. The third kappa shape index (κ3) is 4.63. The van der Waals surface area contributed by atoms with Crippen LogP contribution in [0.15, 0.2) is 18.2 Å². The average Bonchev–Trinajstić information content (AvgIpc) is 3.46. The van der Waals surface area contributed by atoms with Crippen LogP contribution in [-0.2, 0) is 9.59 Å². The first-order valence-electron chi connectivity index (χ1n) is 10.4. The third-order valence-electron chi connectivity index (χ3n) is 5.46. The molecule has 1 N–H and O–H groups in total. The molecule has 1 aromatic carbocycles. The van der Waals surface area contributed by atoms with Crippen LogP contribution >= 0.6 is 0 Å². The zero-order valence-electron chi connectivity index (χ0n) is 17.6. The van der Waals surface area contributed by atoms with Crippen molar-refractivity contribution in [3.05, 3.63) is 23.8 Å². The summed E-state index contributed by atoms with van der Waals surface area (Å²) in [6, 6.07) is 6.10. The predicted molar refractivity (Wildman–Crippen MR) is 112 cm³/mol. The van der Waals surface area contributed by atoms with Crippen molar-refractivity contribution < 1.29 is 9.59 Å². The van der Waals surface area contributed by atoms with Crippen LogP contribution in [0.4, 0.5) is 11.4 Å². The third-order valence-corrected chi connectivity index (χ3v) is 5.46. The Morgan fingerprint density at radius 2 is 1.63 bits per heavy atom. The maximum atomic E-state index is 13.0. The molecule has 1 aliphatic rings. The molecule has 5 nitrogen and oxygen atoms in total. The molecule has 1 aliphatic carbocycles. The molecule has 0 radical (unpaired) electrons. The minimum Gasteiger partial charge on any atom is -0.372 e. The van der Waals surface area contributed by atoms with E-state index in [1.165, 1.54) is 0 Å². The first kappa shape index (κ1) is 21.3. The molecule has 0 heterocycles. The number of amides is 2. The van der Waals surface area contributed by atoms with Crippen molar-refractivity contribution in [1.82, 2.24) is 4.90 Å². The van der Waals surface area contributed by atoms with E-state index in [0.717, 1.165) is 56.0 Å². The summed E-state index contributed by atoms with van der Waals surface area (Å²) >= 11 is 0. The van der Waals surface area contributed by atoms with Crippen molar-refractivity contribution in [3.8, 4) is 0 Å². The van der Waals surface area contributed by atoms with Gasteiger partial charge in [-0.3, -0.25) is 9.59 Å². The van der Waals surface area contributed by atoms with Gasteiger partial charge in [-0.15, -0.1) is 0 Å². The normalized spacial score (nSPS) is 14.6. The standard InChI is InChI=1S/C22H35N3O2/c1-6-14-25(15-7-2)21(27)22(12-13-22)20(26)23-19-11-10-18(16-17(19)5)24(8-3)9-4/h10-11,16H,6-9,12-15H2,1-5H3,(H,23,26). The van der Waals surface area contributed by atoms with Crippen molar-refractivity contribution >= 4 is 23.2 Å². The van der Waals surface area contributed by atoms with E-state index < -0.39 is 5.41 Å². The highest BCUT2D eigenvalue weighted by atomic mass is 16.2. The summed E-state index contributed by atoms with van der Waals surface area (Å²) in [4.78, 5) is 30.1. The van der Waals surface area contributed by atoms with Crippen LogP contribution in [0, 0.1) is 12.3 Å². The summed E-state index contributed by atoms with van der Waals surface area (Å²) in [5.74, 6) is -0.149. The summed E-state index contributed by atoms with van der Waals surface area (Å²) in [6.45, 7) is 13.7. The molecule has 2 amide bonds. The molecule has 1 fully saturated rings. The number of aryl methyl sites for hydroxylation is 1. The van der Waals surface area contributed by atoms with Gasteiger partial charge in [0.1, 0.15) is 5.41 Å². The van der Waals surface area contributed by atoms with E-state index in [0.29, 0.717) is 12.8 Å². The molecular formula is C22H35N3O2. The van der Waals surface area contributed by atoms with Crippen molar-refractivity contribution in [2.75, 3.05) is 36.4 Å². The second kappa shape index (κ2) is 9.25. The quantitative estimate of drug-likeness (QED) is 0.625. The fraction of sp³-hybridized carbons (Fsp3) is 0.636. The highest BCUT2D eigenvalue weighted by molar-refractivity contribution is 6.13. The lowest BCUT2D eigenvalue weighted by molar-refractivity contribution is -0.142. The molecule has 150 valence electrons. The Labute approximate surface area is 164 Å². The number of rotatable bonds is 10. The number of carbonyl (C=O) groups excluding carboxylic acids is 2. The monoisotopic (exact) mass is 373 g/mol. The van der Waals surface area contributed by atoms with Gasteiger partial charge in [0.05, 0.1) is 0 Å². The van der Waals surface area contributed by atoms with Crippen LogP contribution in [0.2, 0.25) is 0 Å². The number of carbonyl (C=O) groups is 2. The number of benzene rings is 1. The summed E-state index contributed by atoms with van der Waals surface area (Å²) in [6.07, 6.45) is 3.13. The summed E-state index contributed by atoms with van der Waals surface area (Å²) < 4.78 is 0. The molecule has 0 atom stereocenters. The molecular weight excluding hydrogens is 338 g/mol. The highest BCUT2D eigenvalue weighted by Gasteiger charge is 2.57. The first-order valence-corrected chi connectivity index (χ1v) is 10.4. The Kier molecular flexibility index (Phi) is 7.28. The van der Waals surface area contributed by atoms with Crippen molar-refractivity contribution in [2.45, 2.75) is 60.3 Å². The van der Waals surface area contributed by atoms with E-state index in [1.54, 1.807) is 0 Å². The van der Waals surface area contributed by atoms with Crippen LogP contribution in [0.5, 0.6) is 0 Å². The molecule has 0 aliphatic heterocycles. The van der Waals surface area contributed by atoms with Crippen molar-refractivity contribution in [2.24, 2.45) is 5.41 Å². The van der Waals surface area contributed by atoms with Gasteiger partial charge in [0.25, 0.3) is 0 Å². The molecule has 0 spiro atoms. The molecule has 0 saturated heterocycles. The van der Waals surface area contributed by atoms with E-state index in [9.17, 15) is 9.59 Å². The highest BCUT2D eigenvalue weighted by Crippen LogP contribution is 2.48. The zero-order chi connectivity index (χ0) is 20.0. The van der Waals surface area contributed by atoms with Crippen LogP contribution in [-0.4, -0.2) is 42.9 Å². The molecule has 0 aromatic heterocycles. The van der Waals surface area contributed by atoms with Gasteiger partial charge in [-0.1, -0.05) is 13.8 Å². The molecule has 5 heteroatoms. The van der Waals surface area contributed by atoms with Crippen LogP contribution in [0.25, 0.3) is 0 Å². The first-order chi connectivity index (χ1) is 12.9. The van der Waals surface area contributed by atoms with Crippen molar-refractivity contribution in [3.63, 3.8) is 0 Å². The summed E-state index contributed by atoms with van der Waals surface area (Å²) in [7, 11) is 0. The second-order valence-corrected chi connectivity index (χ2v) is 7.50. The fourth-order valence-corrected chi connectivity index (χ4v) is 3.64. The van der Waals surface area contributed by atoms with E-state index in [-0.39, 0.29) is 11.8 Å². The van der Waals surface area contributed by atoms with Gasteiger partial charge in [-0.2, -0.15) is 0 Å². The van der Waals surface area contributed by atoms with Gasteiger partial charge in [0, 0.05) is 37.6 Å². The second-order valence-electron chi connectivity index (χ2n) is 7.50. The van der Waals surface area contributed by atoms with Crippen LogP contribution in [0.3, 0.4) is 0 Å². The summed E-state index contributed by atoms with van der Waals surface area (Å²) in [5.41, 5.74) is 2.13. The fourth-order valence-electron chi connectivity index (χ4n) is 3.64. The molecule has 27 heavy (non-hydrogen) atoms. The van der Waals surface area contributed by atoms with Gasteiger partial charge in [0.15, 0.2) is 0 Å². The van der Waals surface area contributed by atoms with Crippen LogP contribution in [0.1, 0.15) is 58.9 Å². The van der Waals surface area contributed by atoms with Crippen LogP contribution < -0.4 is 10.2 Å². The Bertz CT molecular complexity index is 658. The topological polar surface area (TPSA) is 52.7 Å². The van der Waals surface area contributed by atoms with E-state index in [1.807, 2.05) is 24.0 Å². The number of hydrogen-bond acceptors (Lipinski definition) is 3. The maximum absolute atomic E-state index is 13.0. The minimum atomic E-state index is -0.853. The number of nitrogens with zero attached hydrogens (tertiary/aromatic N) is 2. The van der Waals surface area contributed by atoms with Gasteiger partial charge in [-0.25, -0.2) is 0 Å². The molecule has 0 unspecified atom stereocenters. The predicted octanol–water partition coefficient (Wildman–Crippen LogP) is 4.21. The zero-order valence-corrected chi connectivity index (χ0v) is 17.6. The Morgan fingerprint density at radius 1 is 1.04 bits per heavy atom.